The van der Waals surface area contributed by atoms with Crippen LogP contribution in [0.5, 0.6) is 0 Å². The molecule has 0 spiro atoms. The third-order valence-electron chi connectivity index (χ3n) is 9.14. The van der Waals surface area contributed by atoms with Gasteiger partial charge in [-0.05, 0) is 78.9 Å². The summed E-state index contributed by atoms with van der Waals surface area (Å²) in [5.41, 5.74) is 1.71. The fourth-order valence-corrected chi connectivity index (χ4v) is 12.8. The summed E-state index contributed by atoms with van der Waals surface area (Å²) < 4.78 is 78.7. The Kier molecular flexibility index (Phi) is 9.88. The highest BCUT2D eigenvalue weighted by atomic mass is 29.1. The predicted molar refractivity (Wildman–Crippen MR) is 149 cm³/mol. The smallest absolute Gasteiger partial charge is 0.230 e. The van der Waals surface area contributed by atoms with Crippen molar-refractivity contribution in [2.24, 2.45) is 17.8 Å². The van der Waals surface area contributed by atoms with E-state index in [1.807, 2.05) is 12.1 Å². The molecular formula is C30H40F6Si2. The number of benzene rings is 2. The van der Waals surface area contributed by atoms with Crippen LogP contribution in [0.15, 0.2) is 48.5 Å². The first kappa shape index (κ1) is 29.4. The van der Waals surface area contributed by atoms with E-state index >= 15 is 0 Å². The molecule has 210 valence electrons. The number of hydrogen-bond acceptors (Lipinski definition) is 0. The lowest BCUT2D eigenvalue weighted by molar-refractivity contribution is -0.248. The molecule has 0 aromatic heterocycles. The molecule has 0 bridgehead atoms. The highest BCUT2D eigenvalue weighted by Crippen LogP contribution is 2.45. The lowest BCUT2D eigenvalue weighted by atomic mass is 9.68. The molecule has 0 N–H and O–H groups in total. The average Bonchev–Trinajstić information content (AvgIpc) is 2.93. The van der Waals surface area contributed by atoms with E-state index in [0.717, 1.165) is 35.4 Å². The normalized spacial score (nSPS) is 26.4. The van der Waals surface area contributed by atoms with Crippen molar-refractivity contribution in [1.82, 2.24) is 0 Å². The maximum absolute atomic E-state index is 14.0. The van der Waals surface area contributed by atoms with Crippen molar-refractivity contribution in [3.63, 3.8) is 0 Å². The topological polar surface area (TPSA) is 0 Å². The summed E-state index contributed by atoms with van der Waals surface area (Å²) in [6.45, 7) is 2.36. The Balaban J connectivity index is 1.28. The lowest BCUT2D eigenvalue weighted by Crippen LogP contribution is -2.39. The molecule has 0 heterocycles. The molecule has 38 heavy (non-hydrogen) atoms. The Bertz CT molecular complexity index is 989. The van der Waals surface area contributed by atoms with Gasteiger partial charge >= 0.3 is 12.1 Å². The SMILES string of the molecule is CC[SiH2][SiH2]C[C@H]1CC[C@H]([C@H]2CC[C@H](c3ccc(-c4ccc(C(F)(F)C(F)C(F)(F)F)cc4)cc3)CC2)CC1. The second-order valence-electron chi connectivity index (χ2n) is 11.6. The minimum atomic E-state index is -5.62. The fourth-order valence-electron chi connectivity index (χ4n) is 6.74. The Hall–Kier alpha value is -1.55. The molecule has 1 atom stereocenters. The summed E-state index contributed by atoms with van der Waals surface area (Å²) in [5.74, 6) is -1.27. The maximum Gasteiger partial charge on any atom is 0.426 e. The summed E-state index contributed by atoms with van der Waals surface area (Å²) >= 11 is 0. The highest BCUT2D eigenvalue weighted by molar-refractivity contribution is 7.00. The van der Waals surface area contributed by atoms with Gasteiger partial charge in [-0.2, -0.15) is 22.0 Å². The lowest BCUT2D eigenvalue weighted by Gasteiger charge is -2.38. The molecule has 2 aromatic rings. The average molecular weight is 571 g/mol. The zero-order chi connectivity index (χ0) is 27.3. The predicted octanol–water partition coefficient (Wildman–Crippen LogP) is 8.54. The van der Waals surface area contributed by atoms with E-state index in [1.54, 1.807) is 6.04 Å². The summed E-state index contributed by atoms with van der Waals surface area (Å²) in [6, 6.07) is 15.6. The van der Waals surface area contributed by atoms with Crippen molar-refractivity contribution in [1.29, 1.82) is 0 Å². The minimum Gasteiger partial charge on any atom is -0.230 e. The maximum atomic E-state index is 14.0. The fraction of sp³-hybridized carbons (Fsp3) is 0.600. The largest absolute Gasteiger partial charge is 0.426 e. The van der Waals surface area contributed by atoms with Gasteiger partial charge in [-0.3, -0.25) is 0 Å². The van der Waals surface area contributed by atoms with E-state index in [1.165, 1.54) is 75.1 Å². The first-order valence-electron chi connectivity index (χ1n) is 14.4. The van der Waals surface area contributed by atoms with Crippen LogP contribution in [0.25, 0.3) is 11.1 Å². The molecule has 0 saturated heterocycles. The zero-order valence-corrected chi connectivity index (χ0v) is 25.1. The van der Waals surface area contributed by atoms with Crippen molar-refractivity contribution in [2.75, 3.05) is 0 Å². The summed E-state index contributed by atoms with van der Waals surface area (Å²) in [4.78, 5) is 0. The second kappa shape index (κ2) is 12.7. The van der Waals surface area contributed by atoms with Gasteiger partial charge in [0.2, 0.25) is 0 Å². The van der Waals surface area contributed by atoms with Crippen LogP contribution in [-0.4, -0.2) is 30.4 Å². The van der Waals surface area contributed by atoms with Gasteiger partial charge in [-0.25, -0.2) is 4.39 Å². The molecule has 4 rings (SSSR count). The molecule has 0 aliphatic heterocycles. The van der Waals surface area contributed by atoms with Crippen LogP contribution in [0, 0.1) is 17.8 Å². The van der Waals surface area contributed by atoms with Crippen LogP contribution in [0.3, 0.4) is 0 Å². The van der Waals surface area contributed by atoms with Crippen molar-refractivity contribution in [3.05, 3.63) is 59.7 Å². The van der Waals surface area contributed by atoms with E-state index in [9.17, 15) is 26.3 Å². The molecule has 2 aliphatic carbocycles. The molecule has 2 saturated carbocycles. The van der Waals surface area contributed by atoms with Crippen LogP contribution in [0.1, 0.15) is 75.3 Å². The molecule has 0 nitrogen and oxygen atoms in total. The zero-order valence-electron chi connectivity index (χ0n) is 22.3. The van der Waals surface area contributed by atoms with Crippen LogP contribution >= 0.6 is 0 Å². The number of hydrogen-bond donors (Lipinski definition) is 0. The van der Waals surface area contributed by atoms with E-state index in [0.29, 0.717) is 29.6 Å². The Labute approximate surface area is 227 Å². The van der Waals surface area contributed by atoms with Crippen LogP contribution in [0.2, 0.25) is 12.1 Å². The molecular weight excluding hydrogens is 530 g/mol. The van der Waals surface area contributed by atoms with Gasteiger partial charge in [0.05, 0.1) is 0 Å². The number of alkyl halides is 6. The van der Waals surface area contributed by atoms with Gasteiger partial charge in [0, 0.05) is 23.6 Å². The monoisotopic (exact) mass is 570 g/mol. The van der Waals surface area contributed by atoms with Crippen molar-refractivity contribution < 1.29 is 26.3 Å². The number of rotatable bonds is 9. The van der Waals surface area contributed by atoms with Crippen molar-refractivity contribution in [2.45, 2.75) is 94.6 Å². The number of halogens is 6. The second-order valence-corrected chi connectivity index (χ2v) is 18.8. The van der Waals surface area contributed by atoms with E-state index in [-0.39, 0.29) is 0 Å². The van der Waals surface area contributed by atoms with Crippen LogP contribution in [-0.2, 0) is 5.92 Å². The van der Waals surface area contributed by atoms with E-state index in [2.05, 4.69) is 19.1 Å². The third kappa shape index (κ3) is 7.15. The van der Waals surface area contributed by atoms with Crippen molar-refractivity contribution >= 4 is 18.1 Å². The van der Waals surface area contributed by atoms with E-state index in [4.69, 9.17) is 0 Å². The van der Waals surface area contributed by atoms with Gasteiger partial charge in [-0.1, -0.05) is 80.4 Å². The minimum absolute atomic E-state index is 0.312. The molecule has 2 fully saturated rings. The summed E-state index contributed by atoms with van der Waals surface area (Å²) in [7, 11) is 0.658. The van der Waals surface area contributed by atoms with Gasteiger partial charge in [0.15, 0.2) is 0 Å². The van der Waals surface area contributed by atoms with Crippen LogP contribution in [0.4, 0.5) is 26.3 Å². The quantitative estimate of drug-likeness (QED) is 0.161. The third-order valence-corrected chi connectivity index (χ3v) is 16.4. The van der Waals surface area contributed by atoms with Gasteiger partial charge < -0.3 is 0 Å². The summed E-state index contributed by atoms with van der Waals surface area (Å²) in [6.07, 6.45) is 0.937. The Morgan fingerprint density at radius 3 is 1.71 bits per heavy atom. The van der Waals surface area contributed by atoms with Gasteiger partial charge in [-0.15, -0.1) is 0 Å². The van der Waals surface area contributed by atoms with Crippen LogP contribution < -0.4 is 0 Å². The molecule has 2 aliphatic rings. The first-order valence-corrected chi connectivity index (χ1v) is 20.4. The Morgan fingerprint density at radius 1 is 0.711 bits per heavy atom. The molecule has 0 amide bonds. The van der Waals surface area contributed by atoms with E-state index < -0.39 is 23.8 Å². The molecule has 0 radical (unpaired) electrons. The molecule has 8 heteroatoms. The Morgan fingerprint density at radius 2 is 1.21 bits per heavy atom. The summed E-state index contributed by atoms with van der Waals surface area (Å²) in [5, 5.41) is 0. The standard InChI is InChI=1S/C30H40F6Si2/c1-2-37-38-19-20-3-5-21(6-4-20)22-7-9-23(10-8-22)24-11-13-25(14-12-24)26-15-17-27(18-16-26)29(32,33)28(31)30(34,35)36/h11-18,20-23,28H,2-10,19,37-38H2,1H3/t20-,21-,22-,23-,28?. The van der Waals surface area contributed by atoms with Gasteiger partial charge in [0.25, 0.3) is 6.17 Å². The highest BCUT2D eigenvalue weighted by Gasteiger charge is 2.57. The molecule has 2 aromatic carbocycles. The first-order chi connectivity index (χ1) is 18.1. The van der Waals surface area contributed by atoms with Gasteiger partial charge in [0.1, 0.15) is 0 Å². The molecule has 1 unspecified atom stereocenters. The van der Waals surface area contributed by atoms with Crippen molar-refractivity contribution in [3.8, 4) is 11.1 Å².